The Balaban J connectivity index is 1.93. The fourth-order valence-corrected chi connectivity index (χ4v) is 2.96. The quantitative estimate of drug-likeness (QED) is 0.874. The van der Waals surface area contributed by atoms with Gasteiger partial charge >= 0.3 is 0 Å². The van der Waals surface area contributed by atoms with Crippen molar-refractivity contribution in [2.45, 2.75) is 51.7 Å². The van der Waals surface area contributed by atoms with E-state index in [1.54, 1.807) is 12.3 Å². The minimum atomic E-state index is -0.147. The number of nitrogens with zero attached hydrogens (tertiary/aromatic N) is 1. The summed E-state index contributed by atoms with van der Waals surface area (Å²) >= 11 is 0. The Kier molecular flexibility index (Phi) is 5.40. The number of rotatable bonds is 5. The SMILES string of the molecule is CCC(CC)[C@@H]1C[C@H](NC(=O)c2cc(C#N)c[nH]2)CCO1. The third kappa shape index (κ3) is 3.85. The summed E-state index contributed by atoms with van der Waals surface area (Å²) in [7, 11) is 0. The normalized spacial score (nSPS) is 22.0. The molecule has 0 aromatic carbocycles. The van der Waals surface area contributed by atoms with Gasteiger partial charge in [-0.25, -0.2) is 0 Å². The van der Waals surface area contributed by atoms with Crippen molar-refractivity contribution >= 4 is 5.91 Å². The minimum absolute atomic E-state index is 0.144. The molecule has 0 spiro atoms. The van der Waals surface area contributed by atoms with Crippen LogP contribution >= 0.6 is 0 Å². The maximum Gasteiger partial charge on any atom is 0.267 e. The van der Waals surface area contributed by atoms with Crippen LogP contribution in [0.15, 0.2) is 12.3 Å². The molecule has 1 aromatic rings. The number of H-pyrrole nitrogens is 1. The molecular weight excluding hydrogens is 266 g/mol. The predicted molar refractivity (Wildman–Crippen MR) is 79.8 cm³/mol. The van der Waals surface area contributed by atoms with Crippen molar-refractivity contribution in [1.29, 1.82) is 5.26 Å². The van der Waals surface area contributed by atoms with Gasteiger partial charge in [0.25, 0.3) is 5.91 Å². The molecule has 5 heteroatoms. The Morgan fingerprint density at radius 3 is 2.95 bits per heavy atom. The van der Waals surface area contributed by atoms with Crippen LogP contribution in [-0.2, 0) is 4.74 Å². The van der Waals surface area contributed by atoms with E-state index in [0.717, 1.165) is 25.7 Å². The molecule has 1 aliphatic heterocycles. The molecule has 1 fully saturated rings. The van der Waals surface area contributed by atoms with Crippen LogP contribution in [0.2, 0.25) is 0 Å². The highest BCUT2D eigenvalue weighted by atomic mass is 16.5. The number of hydrogen-bond acceptors (Lipinski definition) is 3. The molecule has 1 aliphatic rings. The number of carbonyl (C=O) groups is 1. The van der Waals surface area contributed by atoms with Crippen molar-refractivity contribution in [2.75, 3.05) is 6.61 Å². The number of ether oxygens (including phenoxy) is 1. The van der Waals surface area contributed by atoms with Crippen molar-refractivity contribution < 1.29 is 9.53 Å². The summed E-state index contributed by atoms with van der Waals surface area (Å²) < 4.78 is 5.86. The Hall–Kier alpha value is -1.80. The Morgan fingerprint density at radius 2 is 2.33 bits per heavy atom. The molecule has 0 unspecified atom stereocenters. The molecule has 2 N–H and O–H groups in total. The summed E-state index contributed by atoms with van der Waals surface area (Å²) in [5.41, 5.74) is 0.916. The largest absolute Gasteiger partial charge is 0.378 e. The maximum absolute atomic E-state index is 12.2. The molecule has 21 heavy (non-hydrogen) atoms. The molecule has 1 saturated heterocycles. The maximum atomic E-state index is 12.2. The summed E-state index contributed by atoms with van der Waals surface area (Å²) in [5, 5.41) is 11.8. The Bertz CT molecular complexity index is 514. The molecule has 1 aromatic heterocycles. The molecule has 1 amide bonds. The first kappa shape index (κ1) is 15.6. The summed E-state index contributed by atoms with van der Waals surface area (Å²) in [6.45, 7) is 5.06. The average molecular weight is 289 g/mol. The van der Waals surface area contributed by atoms with Crippen LogP contribution in [0.4, 0.5) is 0 Å². The van der Waals surface area contributed by atoms with Crippen molar-refractivity contribution in [3.63, 3.8) is 0 Å². The van der Waals surface area contributed by atoms with Crippen LogP contribution in [0, 0.1) is 17.2 Å². The fraction of sp³-hybridized carbons (Fsp3) is 0.625. The van der Waals surface area contributed by atoms with Crippen molar-refractivity contribution in [2.24, 2.45) is 5.92 Å². The first-order valence-electron chi connectivity index (χ1n) is 7.68. The lowest BCUT2D eigenvalue weighted by atomic mass is 9.89. The lowest BCUT2D eigenvalue weighted by Crippen LogP contribution is -2.44. The van der Waals surface area contributed by atoms with Crippen LogP contribution in [0.5, 0.6) is 0 Å². The number of aromatic amines is 1. The second-order valence-electron chi connectivity index (χ2n) is 5.59. The first-order valence-corrected chi connectivity index (χ1v) is 7.68. The van der Waals surface area contributed by atoms with Gasteiger partial charge in [0, 0.05) is 18.8 Å². The zero-order valence-electron chi connectivity index (χ0n) is 12.7. The summed E-state index contributed by atoms with van der Waals surface area (Å²) in [6.07, 6.45) is 5.69. The van der Waals surface area contributed by atoms with Crippen LogP contribution < -0.4 is 5.32 Å². The lowest BCUT2D eigenvalue weighted by Gasteiger charge is -2.34. The third-order valence-corrected chi connectivity index (χ3v) is 4.28. The monoisotopic (exact) mass is 289 g/mol. The van der Waals surface area contributed by atoms with E-state index in [2.05, 4.69) is 24.1 Å². The van der Waals surface area contributed by atoms with E-state index in [1.807, 2.05) is 6.07 Å². The second-order valence-corrected chi connectivity index (χ2v) is 5.59. The summed E-state index contributed by atoms with van der Waals surface area (Å²) in [5.74, 6) is 0.409. The first-order chi connectivity index (χ1) is 10.2. The van der Waals surface area contributed by atoms with Gasteiger partial charge in [-0.3, -0.25) is 4.79 Å². The van der Waals surface area contributed by atoms with Crippen molar-refractivity contribution in [1.82, 2.24) is 10.3 Å². The van der Waals surface area contributed by atoms with E-state index in [0.29, 0.717) is 23.8 Å². The molecule has 0 bridgehead atoms. The predicted octanol–water partition coefficient (Wildman–Crippen LogP) is 2.60. The van der Waals surface area contributed by atoms with E-state index in [9.17, 15) is 4.79 Å². The number of aromatic nitrogens is 1. The van der Waals surface area contributed by atoms with Gasteiger partial charge in [0.1, 0.15) is 11.8 Å². The van der Waals surface area contributed by atoms with E-state index in [-0.39, 0.29) is 18.1 Å². The Morgan fingerprint density at radius 1 is 1.57 bits per heavy atom. The molecule has 0 saturated carbocycles. The van der Waals surface area contributed by atoms with Gasteiger partial charge in [-0.15, -0.1) is 0 Å². The van der Waals surface area contributed by atoms with Gasteiger partial charge in [-0.1, -0.05) is 26.7 Å². The van der Waals surface area contributed by atoms with Crippen LogP contribution in [0.3, 0.4) is 0 Å². The average Bonchev–Trinajstić information content (AvgIpc) is 2.98. The third-order valence-electron chi connectivity index (χ3n) is 4.28. The zero-order chi connectivity index (χ0) is 15.2. The minimum Gasteiger partial charge on any atom is -0.378 e. The van der Waals surface area contributed by atoms with Gasteiger partial charge in [-0.05, 0) is 24.8 Å². The van der Waals surface area contributed by atoms with Gasteiger partial charge < -0.3 is 15.0 Å². The van der Waals surface area contributed by atoms with E-state index in [1.165, 1.54) is 0 Å². The molecule has 114 valence electrons. The standard InChI is InChI=1S/C16H23N3O2/c1-3-12(4-2)15-8-13(5-6-21-15)19-16(20)14-7-11(9-17)10-18-14/h7,10,12-13,15,18H,3-6,8H2,1-2H3,(H,19,20)/t13-,15+/m1/s1. The number of amides is 1. The highest BCUT2D eigenvalue weighted by molar-refractivity contribution is 5.93. The molecular formula is C16H23N3O2. The highest BCUT2D eigenvalue weighted by Crippen LogP contribution is 2.25. The molecule has 2 rings (SSSR count). The van der Waals surface area contributed by atoms with E-state index in [4.69, 9.17) is 10.00 Å². The van der Waals surface area contributed by atoms with Gasteiger partial charge in [0.05, 0.1) is 11.7 Å². The van der Waals surface area contributed by atoms with Crippen molar-refractivity contribution in [3.8, 4) is 6.07 Å². The van der Waals surface area contributed by atoms with Gasteiger partial charge in [0.2, 0.25) is 0 Å². The highest BCUT2D eigenvalue weighted by Gasteiger charge is 2.28. The second kappa shape index (κ2) is 7.28. The number of nitrogens with one attached hydrogen (secondary N) is 2. The van der Waals surface area contributed by atoms with Gasteiger partial charge in [0.15, 0.2) is 0 Å². The smallest absolute Gasteiger partial charge is 0.267 e. The van der Waals surface area contributed by atoms with E-state index < -0.39 is 0 Å². The molecule has 2 heterocycles. The zero-order valence-corrected chi connectivity index (χ0v) is 12.7. The van der Waals surface area contributed by atoms with Crippen LogP contribution in [0.25, 0.3) is 0 Å². The molecule has 0 radical (unpaired) electrons. The number of nitriles is 1. The summed E-state index contributed by atoms with van der Waals surface area (Å²) in [4.78, 5) is 15.0. The molecule has 0 aliphatic carbocycles. The number of carbonyl (C=O) groups excluding carboxylic acids is 1. The number of hydrogen-bond donors (Lipinski definition) is 2. The fourth-order valence-electron chi connectivity index (χ4n) is 2.96. The van der Waals surface area contributed by atoms with E-state index >= 15 is 0 Å². The van der Waals surface area contributed by atoms with Crippen LogP contribution in [0.1, 0.15) is 55.6 Å². The Labute approximate surface area is 125 Å². The summed E-state index contributed by atoms with van der Waals surface area (Å²) in [6, 6.07) is 3.73. The van der Waals surface area contributed by atoms with Gasteiger partial charge in [-0.2, -0.15) is 5.26 Å². The van der Waals surface area contributed by atoms with Crippen molar-refractivity contribution in [3.05, 3.63) is 23.5 Å². The molecule has 5 nitrogen and oxygen atoms in total. The van der Waals surface area contributed by atoms with Crippen LogP contribution in [-0.4, -0.2) is 29.6 Å². The lowest BCUT2D eigenvalue weighted by molar-refractivity contribution is -0.0337. The topological polar surface area (TPSA) is 77.9 Å². The molecule has 2 atom stereocenters.